The summed E-state index contributed by atoms with van der Waals surface area (Å²) in [6.45, 7) is 7.64. The normalized spacial score (nSPS) is 16.3. The number of carbonyl (C=O) groups excluding carboxylic acids is 1. The Labute approximate surface area is 151 Å². The smallest absolute Gasteiger partial charge is 0.338 e. The third-order valence-corrected chi connectivity index (χ3v) is 3.96. The standard InChI is InChI=1S/C18H22N4O4/c1-5-25-14-8-12(6-7-13(14)23)16-15(17(24)26-10(2)3)11(4)21-18-19-9-20-22(16)18/h6-10,16,23H,5H2,1-4H3,(H,19,20,21)/t16-/m1/s1. The van der Waals surface area contributed by atoms with Crippen molar-refractivity contribution in [3.63, 3.8) is 0 Å². The number of phenols is 1. The quantitative estimate of drug-likeness (QED) is 0.793. The van der Waals surface area contributed by atoms with Crippen molar-refractivity contribution in [3.8, 4) is 11.5 Å². The van der Waals surface area contributed by atoms with E-state index in [4.69, 9.17) is 9.47 Å². The van der Waals surface area contributed by atoms with Crippen LogP contribution in [0.4, 0.5) is 5.95 Å². The maximum atomic E-state index is 12.7. The molecule has 138 valence electrons. The molecule has 8 nitrogen and oxygen atoms in total. The number of allylic oxidation sites excluding steroid dienone is 1. The molecule has 8 heteroatoms. The summed E-state index contributed by atoms with van der Waals surface area (Å²) in [7, 11) is 0. The van der Waals surface area contributed by atoms with Gasteiger partial charge in [0, 0.05) is 5.70 Å². The largest absolute Gasteiger partial charge is 0.504 e. The Morgan fingerprint density at radius 2 is 2.19 bits per heavy atom. The molecule has 2 N–H and O–H groups in total. The number of esters is 1. The van der Waals surface area contributed by atoms with E-state index >= 15 is 0 Å². The lowest BCUT2D eigenvalue weighted by Gasteiger charge is -2.29. The highest BCUT2D eigenvalue weighted by Crippen LogP contribution is 2.38. The summed E-state index contributed by atoms with van der Waals surface area (Å²) in [6, 6.07) is 4.44. The highest BCUT2D eigenvalue weighted by Gasteiger charge is 2.35. The molecule has 0 saturated heterocycles. The number of anilines is 1. The topological polar surface area (TPSA) is 98.5 Å². The highest BCUT2D eigenvalue weighted by molar-refractivity contribution is 5.92. The molecule has 0 saturated carbocycles. The van der Waals surface area contributed by atoms with Gasteiger partial charge in [0.1, 0.15) is 12.4 Å². The summed E-state index contributed by atoms with van der Waals surface area (Å²) in [5, 5.41) is 17.3. The summed E-state index contributed by atoms with van der Waals surface area (Å²) in [6.07, 6.45) is 1.17. The van der Waals surface area contributed by atoms with Crippen LogP contribution in [0.2, 0.25) is 0 Å². The molecule has 0 radical (unpaired) electrons. The molecule has 0 spiro atoms. The number of rotatable bonds is 5. The molecule has 0 fully saturated rings. The van der Waals surface area contributed by atoms with Crippen molar-refractivity contribution in [2.75, 3.05) is 11.9 Å². The molecule has 2 aromatic rings. The Morgan fingerprint density at radius 1 is 1.42 bits per heavy atom. The van der Waals surface area contributed by atoms with Crippen molar-refractivity contribution in [1.82, 2.24) is 14.8 Å². The van der Waals surface area contributed by atoms with Crippen LogP contribution in [-0.2, 0) is 9.53 Å². The Kier molecular flexibility index (Phi) is 4.83. The number of ether oxygens (including phenoxy) is 2. The number of nitrogens with one attached hydrogen (secondary N) is 1. The van der Waals surface area contributed by atoms with Crippen molar-refractivity contribution in [3.05, 3.63) is 41.4 Å². The number of phenolic OH excluding ortho intramolecular Hbond substituents is 1. The molecule has 2 heterocycles. The zero-order valence-corrected chi connectivity index (χ0v) is 15.2. The van der Waals surface area contributed by atoms with Gasteiger partial charge in [-0.15, -0.1) is 0 Å². The van der Waals surface area contributed by atoms with Gasteiger partial charge in [-0.3, -0.25) is 0 Å². The van der Waals surface area contributed by atoms with Crippen LogP contribution in [0.3, 0.4) is 0 Å². The third-order valence-electron chi connectivity index (χ3n) is 3.96. The van der Waals surface area contributed by atoms with Crippen LogP contribution in [0, 0.1) is 0 Å². The predicted molar refractivity (Wildman–Crippen MR) is 95.0 cm³/mol. The first kappa shape index (κ1) is 17.8. The maximum absolute atomic E-state index is 12.7. The van der Waals surface area contributed by atoms with E-state index in [2.05, 4.69) is 15.4 Å². The molecular weight excluding hydrogens is 336 g/mol. The molecule has 0 bridgehead atoms. The van der Waals surface area contributed by atoms with E-state index in [1.54, 1.807) is 43.7 Å². The second-order valence-corrected chi connectivity index (χ2v) is 6.21. The summed E-state index contributed by atoms with van der Waals surface area (Å²) in [4.78, 5) is 16.9. The first-order valence-electron chi connectivity index (χ1n) is 8.46. The van der Waals surface area contributed by atoms with Crippen molar-refractivity contribution in [2.45, 2.75) is 39.8 Å². The molecule has 1 aromatic carbocycles. The van der Waals surface area contributed by atoms with Crippen molar-refractivity contribution in [1.29, 1.82) is 0 Å². The van der Waals surface area contributed by atoms with Gasteiger partial charge in [-0.25, -0.2) is 9.48 Å². The summed E-state index contributed by atoms with van der Waals surface area (Å²) < 4.78 is 12.5. The maximum Gasteiger partial charge on any atom is 0.338 e. The number of carbonyl (C=O) groups is 1. The highest BCUT2D eigenvalue weighted by atomic mass is 16.5. The van der Waals surface area contributed by atoms with E-state index in [1.165, 1.54) is 6.33 Å². The molecule has 3 rings (SSSR count). The van der Waals surface area contributed by atoms with Gasteiger partial charge in [-0.1, -0.05) is 6.07 Å². The number of nitrogens with zero attached hydrogens (tertiary/aromatic N) is 3. The molecule has 1 aliphatic heterocycles. The molecule has 1 atom stereocenters. The van der Waals surface area contributed by atoms with E-state index < -0.39 is 12.0 Å². The Bertz CT molecular complexity index is 857. The van der Waals surface area contributed by atoms with Crippen LogP contribution >= 0.6 is 0 Å². The van der Waals surface area contributed by atoms with Gasteiger partial charge in [0.15, 0.2) is 11.5 Å². The molecule has 0 amide bonds. The Morgan fingerprint density at radius 3 is 2.88 bits per heavy atom. The zero-order valence-electron chi connectivity index (χ0n) is 15.2. The van der Waals surface area contributed by atoms with Crippen LogP contribution in [0.1, 0.15) is 39.3 Å². The Balaban J connectivity index is 2.12. The van der Waals surface area contributed by atoms with E-state index in [1.807, 2.05) is 6.92 Å². The zero-order chi connectivity index (χ0) is 18.8. The second-order valence-electron chi connectivity index (χ2n) is 6.21. The second kappa shape index (κ2) is 7.07. The van der Waals surface area contributed by atoms with E-state index in [-0.39, 0.29) is 11.9 Å². The van der Waals surface area contributed by atoms with E-state index in [0.717, 1.165) is 5.56 Å². The number of fused-ring (bicyclic) bond motifs is 1. The SMILES string of the molecule is CCOc1cc([C@@H]2C(C(=O)OC(C)C)=C(C)Nc3ncnn32)ccc1O. The number of benzene rings is 1. The lowest BCUT2D eigenvalue weighted by molar-refractivity contribution is -0.143. The van der Waals surface area contributed by atoms with Gasteiger partial charge in [0.05, 0.1) is 18.3 Å². The predicted octanol–water partition coefficient (Wildman–Crippen LogP) is 2.62. The van der Waals surface area contributed by atoms with Crippen LogP contribution < -0.4 is 10.1 Å². The Hall–Kier alpha value is -3.03. The van der Waals surface area contributed by atoms with Crippen LogP contribution in [0.5, 0.6) is 11.5 Å². The average Bonchev–Trinajstić information content (AvgIpc) is 3.03. The first-order valence-corrected chi connectivity index (χ1v) is 8.46. The number of hydrogen-bond donors (Lipinski definition) is 2. The molecular formula is C18H22N4O4. The van der Waals surface area contributed by atoms with Crippen molar-refractivity contribution < 1.29 is 19.4 Å². The summed E-state index contributed by atoms with van der Waals surface area (Å²) >= 11 is 0. The molecule has 0 aliphatic carbocycles. The average molecular weight is 358 g/mol. The molecule has 1 aliphatic rings. The van der Waals surface area contributed by atoms with Gasteiger partial charge in [0.25, 0.3) is 0 Å². The number of aromatic hydroxyl groups is 1. The minimum absolute atomic E-state index is 0.0374. The van der Waals surface area contributed by atoms with E-state index in [0.29, 0.717) is 29.6 Å². The van der Waals surface area contributed by atoms with Gasteiger partial charge in [-0.2, -0.15) is 10.1 Å². The van der Waals surface area contributed by atoms with E-state index in [9.17, 15) is 9.90 Å². The summed E-state index contributed by atoms with van der Waals surface area (Å²) in [5.74, 6) is 0.483. The monoisotopic (exact) mass is 358 g/mol. The van der Waals surface area contributed by atoms with Gasteiger partial charge < -0.3 is 19.9 Å². The van der Waals surface area contributed by atoms with Crippen LogP contribution in [0.15, 0.2) is 35.8 Å². The number of aromatic nitrogens is 3. The van der Waals surface area contributed by atoms with Gasteiger partial charge in [0.2, 0.25) is 5.95 Å². The molecule has 26 heavy (non-hydrogen) atoms. The van der Waals surface area contributed by atoms with Gasteiger partial charge >= 0.3 is 5.97 Å². The third kappa shape index (κ3) is 3.22. The van der Waals surface area contributed by atoms with Crippen molar-refractivity contribution >= 4 is 11.9 Å². The number of hydrogen-bond acceptors (Lipinski definition) is 7. The molecule has 1 aromatic heterocycles. The van der Waals surface area contributed by atoms with Crippen LogP contribution in [-0.4, -0.2) is 38.6 Å². The van der Waals surface area contributed by atoms with Gasteiger partial charge in [-0.05, 0) is 45.4 Å². The minimum Gasteiger partial charge on any atom is -0.504 e. The fraction of sp³-hybridized carbons (Fsp3) is 0.389. The lowest BCUT2D eigenvalue weighted by Crippen LogP contribution is -2.30. The minimum atomic E-state index is -0.542. The summed E-state index contributed by atoms with van der Waals surface area (Å²) in [5.41, 5.74) is 1.81. The first-order chi connectivity index (χ1) is 12.4. The van der Waals surface area contributed by atoms with Crippen molar-refractivity contribution in [2.24, 2.45) is 0 Å². The lowest BCUT2D eigenvalue weighted by atomic mass is 9.95. The fourth-order valence-corrected chi connectivity index (χ4v) is 2.91. The van der Waals surface area contributed by atoms with Crippen LogP contribution in [0.25, 0.3) is 0 Å². The molecule has 0 unspecified atom stereocenters. The fourth-order valence-electron chi connectivity index (χ4n) is 2.91.